The molecule has 1 unspecified atom stereocenters. The SMILES string of the molecule is Nc1ccccc1N1CCC2(CCS(=O)(=O)C2)OC1=O. The van der Waals surface area contributed by atoms with Crippen LogP contribution in [0.1, 0.15) is 12.8 Å². The van der Waals surface area contributed by atoms with Crippen LogP contribution < -0.4 is 10.6 Å². The summed E-state index contributed by atoms with van der Waals surface area (Å²) in [4.78, 5) is 13.6. The second kappa shape index (κ2) is 4.37. The number of hydrogen-bond donors (Lipinski definition) is 1. The van der Waals surface area contributed by atoms with Gasteiger partial charge >= 0.3 is 6.09 Å². The summed E-state index contributed by atoms with van der Waals surface area (Å²) in [5.41, 5.74) is 6.12. The molecule has 20 heavy (non-hydrogen) atoms. The molecular weight excluding hydrogens is 280 g/mol. The number of carbonyl (C=O) groups excluding carboxylic acids is 1. The lowest BCUT2D eigenvalue weighted by atomic mass is 9.97. The van der Waals surface area contributed by atoms with E-state index in [1.54, 1.807) is 24.3 Å². The first-order valence-electron chi connectivity index (χ1n) is 6.46. The van der Waals surface area contributed by atoms with Gasteiger partial charge in [0.1, 0.15) is 5.60 Å². The summed E-state index contributed by atoms with van der Waals surface area (Å²) in [5, 5.41) is 0. The molecule has 6 nitrogen and oxygen atoms in total. The monoisotopic (exact) mass is 296 g/mol. The fourth-order valence-electron chi connectivity index (χ4n) is 2.81. The maximum Gasteiger partial charge on any atom is 0.414 e. The summed E-state index contributed by atoms with van der Waals surface area (Å²) in [5.74, 6) is 0.0254. The molecule has 0 saturated carbocycles. The van der Waals surface area contributed by atoms with E-state index in [1.165, 1.54) is 4.90 Å². The number of hydrogen-bond acceptors (Lipinski definition) is 5. The molecule has 2 aliphatic heterocycles. The fourth-order valence-corrected chi connectivity index (χ4v) is 4.79. The summed E-state index contributed by atoms with van der Waals surface area (Å²) in [6.07, 6.45) is 0.372. The molecule has 2 N–H and O–H groups in total. The van der Waals surface area contributed by atoms with Crippen LogP contribution >= 0.6 is 0 Å². The topological polar surface area (TPSA) is 89.7 Å². The quantitative estimate of drug-likeness (QED) is 0.786. The van der Waals surface area contributed by atoms with Gasteiger partial charge in [-0.3, -0.25) is 4.90 Å². The van der Waals surface area contributed by atoms with Crippen LogP contribution in [0.3, 0.4) is 0 Å². The fraction of sp³-hybridized carbons (Fsp3) is 0.462. The number of nitrogens with two attached hydrogens (primary N) is 1. The molecule has 0 aliphatic carbocycles. The van der Waals surface area contributed by atoms with Crippen LogP contribution in [-0.2, 0) is 14.6 Å². The molecule has 3 rings (SSSR count). The van der Waals surface area contributed by atoms with Crippen molar-refractivity contribution in [2.24, 2.45) is 0 Å². The first kappa shape index (κ1) is 13.2. The van der Waals surface area contributed by atoms with Gasteiger partial charge in [-0.2, -0.15) is 0 Å². The third kappa shape index (κ3) is 2.22. The number of ether oxygens (including phenoxy) is 1. The van der Waals surface area contributed by atoms with E-state index in [4.69, 9.17) is 10.5 Å². The van der Waals surface area contributed by atoms with E-state index in [2.05, 4.69) is 0 Å². The average Bonchev–Trinajstić information content (AvgIpc) is 2.66. The van der Waals surface area contributed by atoms with E-state index in [9.17, 15) is 13.2 Å². The zero-order chi connectivity index (χ0) is 14.4. The third-order valence-electron chi connectivity index (χ3n) is 3.89. The number of anilines is 2. The lowest BCUT2D eigenvalue weighted by Gasteiger charge is -2.38. The number of sulfone groups is 1. The number of rotatable bonds is 1. The minimum absolute atomic E-state index is 0.0656. The van der Waals surface area contributed by atoms with Gasteiger partial charge in [-0.05, 0) is 12.1 Å². The summed E-state index contributed by atoms with van der Waals surface area (Å²) in [6.45, 7) is 0.419. The standard InChI is InChI=1S/C13H16N2O4S/c14-10-3-1-2-4-11(10)15-7-5-13(19-12(15)16)6-8-20(17,18)9-13/h1-4H,5-9,14H2. The molecule has 2 aliphatic rings. The molecular formula is C13H16N2O4S. The van der Waals surface area contributed by atoms with Crippen LogP contribution in [0, 0.1) is 0 Å². The molecule has 1 aromatic rings. The maximum absolute atomic E-state index is 12.2. The molecule has 1 amide bonds. The van der Waals surface area contributed by atoms with Crippen molar-refractivity contribution in [2.75, 3.05) is 28.7 Å². The molecule has 1 aromatic carbocycles. The maximum atomic E-state index is 12.2. The van der Waals surface area contributed by atoms with Gasteiger partial charge in [0, 0.05) is 19.4 Å². The van der Waals surface area contributed by atoms with Crippen molar-refractivity contribution < 1.29 is 17.9 Å². The van der Waals surface area contributed by atoms with Gasteiger partial charge in [-0.15, -0.1) is 0 Å². The van der Waals surface area contributed by atoms with Gasteiger partial charge in [0.2, 0.25) is 0 Å². The zero-order valence-corrected chi connectivity index (χ0v) is 11.7. The second-order valence-electron chi connectivity index (χ2n) is 5.35. The Kier molecular flexibility index (Phi) is 2.89. The van der Waals surface area contributed by atoms with Crippen molar-refractivity contribution in [1.82, 2.24) is 0 Å². The summed E-state index contributed by atoms with van der Waals surface area (Å²) in [7, 11) is -3.09. The van der Waals surface area contributed by atoms with Crippen molar-refractivity contribution in [1.29, 1.82) is 0 Å². The Bertz CT molecular complexity index is 658. The summed E-state index contributed by atoms with van der Waals surface area (Å²) < 4.78 is 28.6. The van der Waals surface area contributed by atoms with Crippen LogP contribution in [0.15, 0.2) is 24.3 Å². The molecule has 7 heteroatoms. The Hall–Kier alpha value is -1.76. The Morgan fingerprint density at radius 1 is 1.25 bits per heavy atom. The highest BCUT2D eigenvalue weighted by Crippen LogP contribution is 2.37. The molecule has 0 aromatic heterocycles. The van der Waals surface area contributed by atoms with Gasteiger partial charge in [0.25, 0.3) is 0 Å². The van der Waals surface area contributed by atoms with Crippen LogP contribution in [0.2, 0.25) is 0 Å². The van der Waals surface area contributed by atoms with Crippen molar-refractivity contribution in [3.8, 4) is 0 Å². The zero-order valence-electron chi connectivity index (χ0n) is 10.9. The largest absolute Gasteiger partial charge is 0.441 e. The highest BCUT2D eigenvalue weighted by atomic mass is 32.2. The first-order chi connectivity index (χ1) is 9.41. The van der Waals surface area contributed by atoms with Gasteiger partial charge in [-0.25, -0.2) is 13.2 Å². The van der Waals surface area contributed by atoms with Crippen molar-refractivity contribution in [3.05, 3.63) is 24.3 Å². The van der Waals surface area contributed by atoms with Crippen LogP contribution in [0.4, 0.5) is 16.2 Å². The summed E-state index contributed by atoms with van der Waals surface area (Å²) >= 11 is 0. The van der Waals surface area contributed by atoms with E-state index in [0.717, 1.165) is 0 Å². The van der Waals surface area contributed by atoms with Crippen molar-refractivity contribution in [3.63, 3.8) is 0 Å². The molecule has 2 fully saturated rings. The van der Waals surface area contributed by atoms with Crippen LogP contribution in [0.5, 0.6) is 0 Å². The number of carbonyl (C=O) groups is 1. The predicted octanol–water partition coefficient (Wildman–Crippen LogP) is 1.17. The number of amides is 1. The van der Waals surface area contributed by atoms with E-state index in [0.29, 0.717) is 30.8 Å². The first-order valence-corrected chi connectivity index (χ1v) is 8.28. The smallest absolute Gasteiger partial charge is 0.414 e. The highest BCUT2D eigenvalue weighted by Gasteiger charge is 2.49. The lowest BCUT2D eigenvalue weighted by molar-refractivity contribution is 0.0150. The van der Waals surface area contributed by atoms with Crippen molar-refractivity contribution >= 4 is 27.3 Å². The minimum Gasteiger partial charge on any atom is -0.441 e. The average molecular weight is 296 g/mol. The van der Waals surface area contributed by atoms with E-state index < -0.39 is 21.5 Å². The second-order valence-corrected chi connectivity index (χ2v) is 7.54. The normalized spacial score (nSPS) is 28.6. The van der Waals surface area contributed by atoms with Gasteiger partial charge in [0.05, 0.1) is 22.9 Å². The molecule has 0 radical (unpaired) electrons. The molecule has 2 saturated heterocycles. The van der Waals surface area contributed by atoms with Crippen molar-refractivity contribution in [2.45, 2.75) is 18.4 Å². The minimum atomic E-state index is -3.09. The third-order valence-corrected chi connectivity index (χ3v) is 5.69. The highest BCUT2D eigenvalue weighted by molar-refractivity contribution is 7.91. The van der Waals surface area contributed by atoms with E-state index in [-0.39, 0.29) is 11.5 Å². The number of nitrogens with zero attached hydrogens (tertiary/aromatic N) is 1. The number of nitrogen functional groups attached to an aromatic ring is 1. The molecule has 108 valence electrons. The van der Waals surface area contributed by atoms with Crippen LogP contribution in [0.25, 0.3) is 0 Å². The molecule has 2 heterocycles. The number of benzene rings is 1. The Labute approximate surface area is 117 Å². The van der Waals surface area contributed by atoms with Gasteiger partial charge in [-0.1, -0.05) is 12.1 Å². The Morgan fingerprint density at radius 3 is 2.60 bits per heavy atom. The van der Waals surface area contributed by atoms with Gasteiger partial charge in [0.15, 0.2) is 9.84 Å². The lowest BCUT2D eigenvalue weighted by Crippen LogP contribution is -2.50. The molecule has 1 atom stereocenters. The molecule has 1 spiro atoms. The Morgan fingerprint density at radius 2 is 2.00 bits per heavy atom. The van der Waals surface area contributed by atoms with Gasteiger partial charge < -0.3 is 10.5 Å². The predicted molar refractivity (Wildman–Crippen MR) is 75.3 cm³/mol. The van der Waals surface area contributed by atoms with Crippen LogP contribution in [-0.4, -0.2) is 38.2 Å². The molecule has 0 bridgehead atoms. The van der Waals surface area contributed by atoms with E-state index >= 15 is 0 Å². The summed E-state index contributed by atoms with van der Waals surface area (Å²) in [6, 6.07) is 7.05. The Balaban J connectivity index is 1.82. The number of para-hydroxylation sites is 2. The van der Waals surface area contributed by atoms with E-state index in [1.807, 2.05) is 0 Å².